The van der Waals surface area contributed by atoms with Crippen LogP contribution in [0.25, 0.3) is 0 Å². The Balaban J connectivity index is 1.95. The summed E-state index contributed by atoms with van der Waals surface area (Å²) < 4.78 is 0. The summed E-state index contributed by atoms with van der Waals surface area (Å²) in [4.78, 5) is 12.3. The quantitative estimate of drug-likeness (QED) is 0.860. The first-order valence-corrected chi connectivity index (χ1v) is 7.80. The summed E-state index contributed by atoms with van der Waals surface area (Å²) in [6.45, 7) is 7.46. The summed E-state index contributed by atoms with van der Waals surface area (Å²) in [5.74, 6) is 1.41. The average Bonchev–Trinajstić information content (AvgIpc) is 2.80. The van der Waals surface area contributed by atoms with Gasteiger partial charge >= 0.3 is 0 Å². The van der Waals surface area contributed by atoms with Crippen LogP contribution >= 0.6 is 0 Å². The Bertz CT molecular complexity index is 441. The van der Waals surface area contributed by atoms with E-state index in [2.05, 4.69) is 31.4 Å². The van der Waals surface area contributed by atoms with Gasteiger partial charge in [-0.15, -0.1) is 0 Å². The molecular weight excluding hydrogens is 248 g/mol. The number of benzene rings is 1. The third-order valence-electron chi connectivity index (χ3n) is 4.60. The zero-order valence-electron chi connectivity index (χ0n) is 12.8. The normalized spacial score (nSPS) is 25.4. The minimum atomic E-state index is 0.0571. The molecule has 0 aliphatic heterocycles. The van der Waals surface area contributed by atoms with Crippen LogP contribution in [0.2, 0.25) is 0 Å². The Morgan fingerprint density at radius 3 is 2.45 bits per heavy atom. The zero-order valence-corrected chi connectivity index (χ0v) is 12.8. The molecule has 2 N–H and O–H groups in total. The lowest BCUT2D eigenvalue weighted by atomic mass is 9.93. The molecule has 0 saturated heterocycles. The highest BCUT2D eigenvalue weighted by Crippen LogP contribution is 2.33. The van der Waals surface area contributed by atoms with Gasteiger partial charge in [-0.2, -0.15) is 0 Å². The molecule has 3 nitrogen and oxygen atoms in total. The molecule has 0 aromatic heterocycles. The second-order valence-corrected chi connectivity index (χ2v) is 5.79. The second kappa shape index (κ2) is 6.78. The minimum Gasteiger partial charge on any atom is -0.385 e. The molecule has 0 radical (unpaired) electrons. The van der Waals surface area contributed by atoms with Gasteiger partial charge in [0.05, 0.1) is 0 Å². The summed E-state index contributed by atoms with van der Waals surface area (Å²) in [6, 6.07) is 8.05. The third kappa shape index (κ3) is 3.33. The predicted octanol–water partition coefficient (Wildman–Crippen LogP) is 3.67. The molecule has 110 valence electrons. The van der Waals surface area contributed by atoms with E-state index in [0.717, 1.165) is 30.1 Å². The van der Waals surface area contributed by atoms with E-state index in [1.165, 1.54) is 12.8 Å². The lowest BCUT2D eigenvalue weighted by Crippen LogP contribution is -2.37. The van der Waals surface area contributed by atoms with Crippen LogP contribution in [0.15, 0.2) is 24.3 Å². The maximum atomic E-state index is 12.3. The fourth-order valence-electron chi connectivity index (χ4n) is 3.22. The fraction of sp³-hybridized carbons (Fsp3) is 0.588. The molecule has 3 heteroatoms. The van der Waals surface area contributed by atoms with Gasteiger partial charge in [-0.05, 0) is 55.9 Å². The molecule has 1 aliphatic rings. The first-order valence-electron chi connectivity index (χ1n) is 7.80. The number of hydrogen-bond donors (Lipinski definition) is 2. The van der Waals surface area contributed by atoms with Crippen LogP contribution in [0.3, 0.4) is 0 Å². The van der Waals surface area contributed by atoms with Crippen LogP contribution in [-0.4, -0.2) is 18.5 Å². The fourth-order valence-corrected chi connectivity index (χ4v) is 3.22. The molecule has 3 atom stereocenters. The molecule has 1 fully saturated rings. The van der Waals surface area contributed by atoms with Crippen molar-refractivity contribution in [1.29, 1.82) is 0 Å². The van der Waals surface area contributed by atoms with Crippen molar-refractivity contribution < 1.29 is 4.79 Å². The van der Waals surface area contributed by atoms with Crippen LogP contribution in [0, 0.1) is 11.8 Å². The number of hydrogen-bond acceptors (Lipinski definition) is 2. The molecule has 1 aliphatic carbocycles. The van der Waals surface area contributed by atoms with E-state index < -0.39 is 0 Å². The van der Waals surface area contributed by atoms with Gasteiger partial charge < -0.3 is 10.6 Å². The van der Waals surface area contributed by atoms with Crippen molar-refractivity contribution in [3.63, 3.8) is 0 Å². The van der Waals surface area contributed by atoms with E-state index in [4.69, 9.17) is 0 Å². The molecule has 1 aromatic carbocycles. The SMILES string of the molecule is CCNc1ccc(C(=O)NC2CCC(CC)C2C)cc1. The Kier molecular flexibility index (Phi) is 5.05. The Labute approximate surface area is 122 Å². The maximum absolute atomic E-state index is 12.3. The largest absolute Gasteiger partial charge is 0.385 e. The molecule has 3 unspecified atom stereocenters. The van der Waals surface area contributed by atoms with Crippen molar-refractivity contribution in [3.8, 4) is 0 Å². The number of rotatable bonds is 5. The number of amides is 1. The third-order valence-corrected chi connectivity index (χ3v) is 4.60. The van der Waals surface area contributed by atoms with Crippen LogP contribution in [-0.2, 0) is 0 Å². The number of nitrogens with one attached hydrogen (secondary N) is 2. The van der Waals surface area contributed by atoms with Gasteiger partial charge in [0.1, 0.15) is 0 Å². The number of carbonyl (C=O) groups is 1. The van der Waals surface area contributed by atoms with Crippen molar-refractivity contribution in [2.24, 2.45) is 11.8 Å². The smallest absolute Gasteiger partial charge is 0.251 e. The van der Waals surface area contributed by atoms with Gasteiger partial charge in [0, 0.05) is 23.8 Å². The van der Waals surface area contributed by atoms with Gasteiger partial charge in [0.25, 0.3) is 5.91 Å². The van der Waals surface area contributed by atoms with E-state index >= 15 is 0 Å². The Hall–Kier alpha value is -1.51. The monoisotopic (exact) mass is 274 g/mol. The van der Waals surface area contributed by atoms with E-state index in [1.807, 2.05) is 24.3 Å². The first kappa shape index (κ1) is 14.9. The van der Waals surface area contributed by atoms with Crippen molar-refractivity contribution in [2.45, 2.75) is 46.1 Å². The summed E-state index contributed by atoms with van der Waals surface area (Å²) in [5.41, 5.74) is 1.81. The van der Waals surface area contributed by atoms with E-state index in [1.54, 1.807) is 0 Å². The van der Waals surface area contributed by atoms with Gasteiger partial charge in [-0.1, -0.05) is 20.3 Å². The van der Waals surface area contributed by atoms with Gasteiger partial charge in [-0.25, -0.2) is 0 Å². The number of anilines is 1. The summed E-state index contributed by atoms with van der Waals surface area (Å²) >= 11 is 0. The molecule has 2 rings (SSSR count). The van der Waals surface area contributed by atoms with Crippen molar-refractivity contribution in [2.75, 3.05) is 11.9 Å². The topological polar surface area (TPSA) is 41.1 Å². The average molecular weight is 274 g/mol. The first-order chi connectivity index (χ1) is 9.65. The van der Waals surface area contributed by atoms with Crippen molar-refractivity contribution in [3.05, 3.63) is 29.8 Å². The molecule has 1 aromatic rings. The molecule has 1 saturated carbocycles. The Morgan fingerprint density at radius 1 is 1.20 bits per heavy atom. The number of carbonyl (C=O) groups excluding carboxylic acids is 1. The highest BCUT2D eigenvalue weighted by molar-refractivity contribution is 5.94. The molecule has 20 heavy (non-hydrogen) atoms. The standard InChI is InChI=1S/C17H26N2O/c1-4-13-8-11-16(12(13)3)19-17(20)14-6-9-15(10-7-14)18-5-2/h6-7,9-10,12-13,16,18H,4-5,8,11H2,1-3H3,(H,19,20). The highest BCUT2D eigenvalue weighted by atomic mass is 16.1. The summed E-state index contributed by atoms with van der Waals surface area (Å²) in [7, 11) is 0. The predicted molar refractivity (Wildman–Crippen MR) is 84.0 cm³/mol. The van der Waals surface area contributed by atoms with Crippen LogP contribution < -0.4 is 10.6 Å². The minimum absolute atomic E-state index is 0.0571. The molecule has 0 spiro atoms. The second-order valence-electron chi connectivity index (χ2n) is 5.79. The van der Waals surface area contributed by atoms with E-state index in [0.29, 0.717) is 12.0 Å². The summed E-state index contributed by atoms with van der Waals surface area (Å²) in [5, 5.41) is 6.44. The maximum Gasteiger partial charge on any atom is 0.251 e. The highest BCUT2D eigenvalue weighted by Gasteiger charge is 2.32. The molecular formula is C17H26N2O. The van der Waals surface area contributed by atoms with Crippen LogP contribution in [0.1, 0.15) is 50.4 Å². The van der Waals surface area contributed by atoms with E-state index in [9.17, 15) is 4.79 Å². The van der Waals surface area contributed by atoms with Gasteiger partial charge in [0.15, 0.2) is 0 Å². The lowest BCUT2D eigenvalue weighted by Gasteiger charge is -2.21. The van der Waals surface area contributed by atoms with Gasteiger partial charge in [-0.3, -0.25) is 4.79 Å². The molecule has 0 heterocycles. The Morgan fingerprint density at radius 2 is 1.90 bits per heavy atom. The van der Waals surface area contributed by atoms with Crippen molar-refractivity contribution in [1.82, 2.24) is 5.32 Å². The van der Waals surface area contributed by atoms with Crippen molar-refractivity contribution >= 4 is 11.6 Å². The zero-order chi connectivity index (χ0) is 14.5. The molecule has 0 bridgehead atoms. The van der Waals surface area contributed by atoms with Gasteiger partial charge in [0.2, 0.25) is 0 Å². The lowest BCUT2D eigenvalue weighted by molar-refractivity contribution is 0.0926. The van der Waals surface area contributed by atoms with Crippen LogP contribution in [0.5, 0.6) is 0 Å². The van der Waals surface area contributed by atoms with Crippen LogP contribution in [0.4, 0.5) is 5.69 Å². The summed E-state index contributed by atoms with van der Waals surface area (Å²) in [6.07, 6.45) is 3.56. The van der Waals surface area contributed by atoms with E-state index in [-0.39, 0.29) is 5.91 Å². The molecule has 1 amide bonds.